The van der Waals surface area contributed by atoms with Crippen LogP contribution in [0.3, 0.4) is 0 Å². The molecule has 1 saturated heterocycles. The number of fused-ring (bicyclic) bond motifs is 1. The van der Waals surface area contributed by atoms with E-state index in [4.69, 9.17) is 9.47 Å². The fourth-order valence-corrected chi connectivity index (χ4v) is 6.53. The van der Waals surface area contributed by atoms with E-state index < -0.39 is 12.0 Å². The number of amides is 2. The summed E-state index contributed by atoms with van der Waals surface area (Å²) < 4.78 is 10.6. The molecule has 0 aromatic heterocycles. The predicted octanol–water partition coefficient (Wildman–Crippen LogP) is 5.11. The first-order valence-electron chi connectivity index (χ1n) is 14.0. The highest BCUT2D eigenvalue weighted by Crippen LogP contribution is 2.47. The summed E-state index contributed by atoms with van der Waals surface area (Å²) >= 11 is 0. The van der Waals surface area contributed by atoms with E-state index in [0.717, 1.165) is 42.6 Å². The normalized spacial score (nSPS) is 22.6. The number of ether oxygens (including phenoxy) is 2. The lowest BCUT2D eigenvalue weighted by Gasteiger charge is -2.48. The standard InChI is InChI=1S/C31H38N2O5/c1-3-38-31(36)22-17-19-32(20-18-22)30(35)27-25-11-7-8-12-26(25)29(34)33(23-9-5-4-6-10-23)28(27)21-13-15-24(37-2)16-14-21/h7-8,11-16,22-23,27-28H,3-6,9-10,17-20H2,1-2H3/t27-,28-/m0/s1. The number of benzene rings is 2. The van der Waals surface area contributed by atoms with Crippen LogP contribution < -0.4 is 4.74 Å². The van der Waals surface area contributed by atoms with Crippen molar-refractivity contribution in [3.8, 4) is 5.75 Å². The number of rotatable bonds is 6. The van der Waals surface area contributed by atoms with Crippen LogP contribution in [-0.2, 0) is 14.3 Å². The van der Waals surface area contributed by atoms with Gasteiger partial charge in [0, 0.05) is 24.7 Å². The van der Waals surface area contributed by atoms with Gasteiger partial charge in [0.05, 0.1) is 31.6 Å². The molecule has 2 atom stereocenters. The van der Waals surface area contributed by atoms with Crippen LogP contribution in [0.2, 0.25) is 0 Å². The molecule has 5 rings (SSSR count). The highest BCUT2D eigenvalue weighted by Gasteiger charge is 2.48. The monoisotopic (exact) mass is 518 g/mol. The summed E-state index contributed by atoms with van der Waals surface area (Å²) in [7, 11) is 1.63. The van der Waals surface area contributed by atoms with E-state index in [1.54, 1.807) is 7.11 Å². The Balaban J connectivity index is 1.53. The van der Waals surface area contributed by atoms with Gasteiger partial charge >= 0.3 is 5.97 Å². The van der Waals surface area contributed by atoms with Crippen LogP contribution in [0.4, 0.5) is 0 Å². The Kier molecular flexibility index (Phi) is 8.01. The quantitative estimate of drug-likeness (QED) is 0.497. The van der Waals surface area contributed by atoms with Gasteiger partial charge < -0.3 is 19.3 Å². The van der Waals surface area contributed by atoms with Gasteiger partial charge in [-0.15, -0.1) is 0 Å². The molecule has 3 aliphatic rings. The minimum atomic E-state index is -0.515. The van der Waals surface area contributed by atoms with E-state index in [0.29, 0.717) is 38.1 Å². The van der Waals surface area contributed by atoms with E-state index in [1.807, 2.05) is 65.3 Å². The fourth-order valence-electron chi connectivity index (χ4n) is 6.53. The first-order chi connectivity index (χ1) is 18.5. The van der Waals surface area contributed by atoms with Crippen molar-refractivity contribution >= 4 is 17.8 Å². The Morgan fingerprint density at radius 2 is 1.61 bits per heavy atom. The second-order valence-corrected chi connectivity index (χ2v) is 10.6. The maximum Gasteiger partial charge on any atom is 0.309 e. The summed E-state index contributed by atoms with van der Waals surface area (Å²) in [6.45, 7) is 3.20. The van der Waals surface area contributed by atoms with Gasteiger partial charge in [-0.05, 0) is 61.9 Å². The zero-order chi connectivity index (χ0) is 26.6. The zero-order valence-corrected chi connectivity index (χ0v) is 22.4. The van der Waals surface area contributed by atoms with Gasteiger partial charge in [0.15, 0.2) is 0 Å². The zero-order valence-electron chi connectivity index (χ0n) is 22.4. The molecule has 38 heavy (non-hydrogen) atoms. The Hall–Kier alpha value is -3.35. The maximum absolute atomic E-state index is 14.4. The lowest BCUT2D eigenvalue weighted by Crippen LogP contribution is -2.53. The summed E-state index contributed by atoms with van der Waals surface area (Å²) in [5.74, 6) is -0.0850. The number of carbonyl (C=O) groups is 3. The molecule has 2 amide bonds. The molecule has 7 heteroatoms. The summed E-state index contributed by atoms with van der Waals surface area (Å²) in [4.78, 5) is 44.7. The van der Waals surface area contributed by atoms with Crippen molar-refractivity contribution in [3.05, 3.63) is 65.2 Å². The average molecular weight is 519 g/mol. The van der Waals surface area contributed by atoms with Gasteiger partial charge in [-0.2, -0.15) is 0 Å². The fraction of sp³-hybridized carbons (Fsp3) is 0.516. The van der Waals surface area contributed by atoms with E-state index in [1.165, 1.54) is 6.42 Å². The highest BCUT2D eigenvalue weighted by molar-refractivity contribution is 6.01. The van der Waals surface area contributed by atoms with Gasteiger partial charge in [-0.3, -0.25) is 14.4 Å². The van der Waals surface area contributed by atoms with Crippen molar-refractivity contribution in [2.24, 2.45) is 5.92 Å². The summed E-state index contributed by atoms with van der Waals surface area (Å²) in [6.07, 6.45) is 6.45. The minimum absolute atomic E-state index is 0.0124. The second kappa shape index (κ2) is 11.6. The third-order valence-electron chi connectivity index (χ3n) is 8.49. The SMILES string of the molecule is CCOC(=O)C1CCN(C(=O)[C@H]2c3ccccc3C(=O)N(C3CCCCC3)[C@H]2c2ccc(OC)cc2)CC1. The number of hydrogen-bond donors (Lipinski definition) is 0. The van der Waals surface area contributed by atoms with E-state index in [9.17, 15) is 14.4 Å². The predicted molar refractivity (Wildman–Crippen MR) is 144 cm³/mol. The van der Waals surface area contributed by atoms with Crippen LogP contribution >= 0.6 is 0 Å². The van der Waals surface area contributed by atoms with Crippen molar-refractivity contribution in [2.45, 2.75) is 69.9 Å². The molecule has 0 radical (unpaired) electrons. The second-order valence-electron chi connectivity index (χ2n) is 10.6. The van der Waals surface area contributed by atoms with Crippen molar-refractivity contribution in [2.75, 3.05) is 26.8 Å². The van der Waals surface area contributed by atoms with Crippen LogP contribution in [0.5, 0.6) is 5.75 Å². The molecule has 0 N–H and O–H groups in total. The van der Waals surface area contributed by atoms with Crippen molar-refractivity contribution < 1.29 is 23.9 Å². The third kappa shape index (κ3) is 5.03. The molecule has 7 nitrogen and oxygen atoms in total. The van der Waals surface area contributed by atoms with Crippen molar-refractivity contribution in [3.63, 3.8) is 0 Å². The number of likely N-dealkylation sites (tertiary alicyclic amines) is 1. The number of carbonyl (C=O) groups excluding carboxylic acids is 3. The Labute approximate surface area is 225 Å². The van der Waals surface area contributed by atoms with Crippen LogP contribution in [0, 0.1) is 5.92 Å². The summed E-state index contributed by atoms with van der Waals surface area (Å²) in [5, 5.41) is 0. The Morgan fingerprint density at radius 1 is 0.921 bits per heavy atom. The molecule has 1 saturated carbocycles. The van der Waals surface area contributed by atoms with E-state index in [2.05, 4.69) is 0 Å². The van der Waals surface area contributed by atoms with Crippen molar-refractivity contribution in [1.82, 2.24) is 9.80 Å². The van der Waals surface area contributed by atoms with Crippen molar-refractivity contribution in [1.29, 1.82) is 0 Å². The number of piperidine rings is 1. The molecule has 1 aliphatic carbocycles. The molecule has 2 aromatic rings. The Morgan fingerprint density at radius 3 is 2.26 bits per heavy atom. The lowest BCUT2D eigenvalue weighted by molar-refractivity contribution is -0.151. The number of hydrogen-bond acceptors (Lipinski definition) is 5. The van der Waals surface area contributed by atoms with Gasteiger partial charge in [0.2, 0.25) is 5.91 Å². The molecular weight excluding hydrogens is 480 g/mol. The topological polar surface area (TPSA) is 76.2 Å². The van der Waals surface area contributed by atoms with Crippen LogP contribution in [0.25, 0.3) is 0 Å². The summed E-state index contributed by atoms with van der Waals surface area (Å²) in [5.41, 5.74) is 2.37. The van der Waals surface area contributed by atoms with Gasteiger partial charge in [-0.25, -0.2) is 0 Å². The number of esters is 1. The van der Waals surface area contributed by atoms with Gasteiger partial charge in [0.1, 0.15) is 5.75 Å². The molecule has 2 aliphatic heterocycles. The number of methoxy groups -OCH3 is 1. The van der Waals surface area contributed by atoms with E-state index >= 15 is 0 Å². The largest absolute Gasteiger partial charge is 0.497 e. The molecule has 202 valence electrons. The minimum Gasteiger partial charge on any atom is -0.497 e. The molecule has 0 spiro atoms. The molecular formula is C31H38N2O5. The first-order valence-corrected chi connectivity index (χ1v) is 14.0. The van der Waals surface area contributed by atoms with Gasteiger partial charge in [0.25, 0.3) is 5.91 Å². The van der Waals surface area contributed by atoms with Gasteiger partial charge in [-0.1, -0.05) is 49.6 Å². The first kappa shape index (κ1) is 26.3. The third-order valence-corrected chi connectivity index (χ3v) is 8.49. The molecule has 2 aromatic carbocycles. The Bertz CT molecular complexity index is 1150. The van der Waals surface area contributed by atoms with Crippen LogP contribution in [0.15, 0.2) is 48.5 Å². The molecule has 2 heterocycles. The maximum atomic E-state index is 14.4. The molecule has 2 fully saturated rings. The van der Waals surface area contributed by atoms with Crippen LogP contribution in [-0.4, -0.2) is 60.4 Å². The van der Waals surface area contributed by atoms with E-state index in [-0.39, 0.29) is 29.7 Å². The number of nitrogens with zero attached hydrogens (tertiary/aromatic N) is 2. The highest BCUT2D eigenvalue weighted by atomic mass is 16.5. The molecule has 0 bridgehead atoms. The average Bonchev–Trinajstić information content (AvgIpc) is 2.97. The van der Waals surface area contributed by atoms with Crippen LogP contribution in [0.1, 0.15) is 85.3 Å². The smallest absolute Gasteiger partial charge is 0.309 e. The molecule has 0 unspecified atom stereocenters. The summed E-state index contributed by atoms with van der Waals surface area (Å²) in [6, 6.07) is 15.1. The lowest BCUT2D eigenvalue weighted by atomic mass is 9.76.